The molecular weight excluding hydrogens is 1570 g/mol. The molecular formula is C126H100N4. The summed E-state index contributed by atoms with van der Waals surface area (Å²) >= 11 is 0. The summed E-state index contributed by atoms with van der Waals surface area (Å²) in [5.41, 5.74) is 35.9. The van der Waals surface area contributed by atoms with E-state index in [0.29, 0.717) is 0 Å². The Bertz CT molecular complexity index is 6730. The van der Waals surface area contributed by atoms with Crippen LogP contribution in [-0.4, -0.2) is 0 Å². The lowest BCUT2D eigenvalue weighted by molar-refractivity contribution is 1.29. The van der Waals surface area contributed by atoms with Gasteiger partial charge >= 0.3 is 0 Å². The Labute approximate surface area is 762 Å². The number of aryl methyl sites for hydroxylation is 10. The second-order valence-corrected chi connectivity index (χ2v) is 35.5. The molecule has 0 heterocycles. The van der Waals surface area contributed by atoms with Crippen LogP contribution in [0.4, 0.5) is 68.2 Å². The third kappa shape index (κ3) is 15.0. The van der Waals surface area contributed by atoms with Crippen molar-refractivity contribution in [3.63, 3.8) is 0 Å². The minimum absolute atomic E-state index is 1.13. The number of anilines is 12. The van der Waals surface area contributed by atoms with E-state index in [0.717, 1.165) is 45.5 Å². The quantitative estimate of drug-likeness (QED) is 0.0894. The molecule has 0 radical (unpaired) electrons. The summed E-state index contributed by atoms with van der Waals surface area (Å²) in [4.78, 5) is 9.80. The predicted octanol–water partition coefficient (Wildman–Crippen LogP) is 36.2. The molecule has 0 spiro atoms. The van der Waals surface area contributed by atoms with Gasteiger partial charge < -0.3 is 19.6 Å². The summed E-state index contributed by atoms with van der Waals surface area (Å²) in [5.74, 6) is 0. The average Bonchev–Trinajstić information content (AvgIpc) is 0.731. The molecule has 0 saturated carbocycles. The van der Waals surface area contributed by atoms with E-state index in [2.05, 4.69) is 513 Å². The SMILES string of the molecule is Cc1ccc(N(c2ccc(C)cc2)c2c3ccccc3c(-c3cc(C)cc(-c4c5ccccc5c(N(c5ccc(C)cc5)c5ccc(C)cc5)c5ccccc45)c3)c3ccccc23)cc1.Cc1ccc(N(c2ccc(C)cc2)c2c3ccccc3c(-c3cc(C)cc(-c4c5ccccc5c(N(c5ccc(C)cc5)c5ccc(C)cc5)c5ccccc45)c3)c3ccccc23)cc1. The Morgan fingerprint density at radius 1 is 0.115 bits per heavy atom. The van der Waals surface area contributed by atoms with Crippen LogP contribution in [0.5, 0.6) is 0 Å². The van der Waals surface area contributed by atoms with E-state index >= 15 is 0 Å². The third-order valence-corrected chi connectivity index (χ3v) is 26.2. The van der Waals surface area contributed by atoms with E-state index in [9.17, 15) is 0 Å². The zero-order valence-electron chi connectivity index (χ0n) is 75.2. The van der Waals surface area contributed by atoms with Gasteiger partial charge in [0, 0.05) is 88.6 Å². The summed E-state index contributed by atoms with van der Waals surface area (Å²) in [6, 6.07) is 158. The number of hydrogen-bond donors (Lipinski definition) is 0. The first-order valence-corrected chi connectivity index (χ1v) is 45.3. The highest BCUT2D eigenvalue weighted by atomic mass is 15.2. The molecule has 0 aromatic heterocycles. The van der Waals surface area contributed by atoms with Crippen molar-refractivity contribution in [2.75, 3.05) is 19.6 Å². The van der Waals surface area contributed by atoms with Gasteiger partial charge in [0.1, 0.15) is 0 Å². The largest absolute Gasteiger partial charge is 0.309 e. The second-order valence-electron chi connectivity index (χ2n) is 35.5. The van der Waals surface area contributed by atoms with Gasteiger partial charge in [-0.2, -0.15) is 0 Å². The zero-order valence-corrected chi connectivity index (χ0v) is 75.2. The Morgan fingerprint density at radius 2 is 0.231 bits per heavy atom. The molecule has 4 heteroatoms. The van der Waals surface area contributed by atoms with Crippen LogP contribution >= 0.6 is 0 Å². The van der Waals surface area contributed by atoms with E-state index in [1.54, 1.807) is 0 Å². The first-order chi connectivity index (χ1) is 63.6. The van der Waals surface area contributed by atoms with Crippen LogP contribution in [-0.2, 0) is 0 Å². The predicted molar refractivity (Wildman–Crippen MR) is 561 cm³/mol. The Hall–Kier alpha value is -15.9. The van der Waals surface area contributed by atoms with Crippen LogP contribution < -0.4 is 19.6 Å². The van der Waals surface area contributed by atoms with Gasteiger partial charge in [0.15, 0.2) is 0 Å². The van der Waals surface area contributed by atoms with Crippen LogP contribution in [0, 0.1) is 69.2 Å². The first kappa shape index (κ1) is 81.2. The molecule has 22 aromatic rings. The van der Waals surface area contributed by atoms with Gasteiger partial charge in [-0.1, -0.05) is 360 Å². The third-order valence-electron chi connectivity index (χ3n) is 26.2. The lowest BCUT2D eigenvalue weighted by Gasteiger charge is -2.30. The average molecular weight is 1670 g/mol. The van der Waals surface area contributed by atoms with Crippen LogP contribution in [0.2, 0.25) is 0 Å². The van der Waals surface area contributed by atoms with Crippen LogP contribution in [0.15, 0.2) is 425 Å². The Balaban J connectivity index is 0.000000157. The van der Waals surface area contributed by atoms with Crippen molar-refractivity contribution in [3.8, 4) is 44.5 Å². The maximum atomic E-state index is 2.45. The molecule has 130 heavy (non-hydrogen) atoms. The fourth-order valence-electron chi connectivity index (χ4n) is 20.0. The van der Waals surface area contributed by atoms with Crippen molar-refractivity contribution in [1.82, 2.24) is 0 Å². The number of fused-ring (bicyclic) bond motifs is 8. The topological polar surface area (TPSA) is 13.0 Å². The summed E-state index contributed by atoms with van der Waals surface area (Å²) in [6.45, 7) is 21.7. The van der Waals surface area contributed by atoms with Crippen LogP contribution in [0.1, 0.15) is 55.6 Å². The monoisotopic (exact) mass is 1670 g/mol. The normalized spacial score (nSPS) is 11.5. The van der Waals surface area contributed by atoms with E-state index in [-0.39, 0.29) is 0 Å². The van der Waals surface area contributed by atoms with Crippen molar-refractivity contribution >= 4 is 154 Å². The smallest absolute Gasteiger partial charge is 0.0618 e. The Kier molecular flexibility index (Phi) is 21.3. The van der Waals surface area contributed by atoms with Gasteiger partial charge in [-0.05, 0) is 277 Å². The minimum Gasteiger partial charge on any atom is -0.309 e. The van der Waals surface area contributed by atoms with Gasteiger partial charge in [-0.25, -0.2) is 0 Å². The summed E-state index contributed by atoms with van der Waals surface area (Å²) in [6.07, 6.45) is 0. The fourth-order valence-corrected chi connectivity index (χ4v) is 20.0. The zero-order chi connectivity index (χ0) is 88.4. The van der Waals surface area contributed by atoms with Crippen molar-refractivity contribution in [2.45, 2.75) is 69.2 Å². The number of rotatable bonds is 16. The second kappa shape index (κ2) is 34.1. The van der Waals surface area contributed by atoms with E-state index in [4.69, 9.17) is 0 Å². The summed E-state index contributed by atoms with van der Waals surface area (Å²) < 4.78 is 0. The maximum absolute atomic E-state index is 2.45. The molecule has 22 aromatic carbocycles. The Morgan fingerprint density at radius 3 is 0.354 bits per heavy atom. The van der Waals surface area contributed by atoms with E-state index in [1.807, 2.05) is 0 Å². The van der Waals surface area contributed by atoms with Crippen molar-refractivity contribution in [2.24, 2.45) is 0 Å². The summed E-state index contributed by atoms with van der Waals surface area (Å²) in [5, 5.41) is 19.4. The van der Waals surface area contributed by atoms with Gasteiger partial charge in [-0.15, -0.1) is 0 Å². The maximum Gasteiger partial charge on any atom is 0.0618 e. The van der Waals surface area contributed by atoms with Gasteiger partial charge in [0.25, 0.3) is 0 Å². The number of benzene rings is 22. The molecule has 22 rings (SSSR count). The summed E-state index contributed by atoms with van der Waals surface area (Å²) in [7, 11) is 0. The molecule has 0 saturated heterocycles. The molecule has 0 unspecified atom stereocenters. The lowest BCUT2D eigenvalue weighted by atomic mass is 9.85. The van der Waals surface area contributed by atoms with Crippen molar-refractivity contribution < 1.29 is 0 Å². The molecule has 0 bridgehead atoms. The van der Waals surface area contributed by atoms with Gasteiger partial charge in [0.05, 0.1) is 22.7 Å². The van der Waals surface area contributed by atoms with Crippen LogP contribution in [0.25, 0.3) is 131 Å². The highest BCUT2D eigenvalue weighted by molar-refractivity contribution is 6.28. The molecule has 624 valence electrons. The molecule has 4 nitrogen and oxygen atoms in total. The molecule has 0 aliphatic rings. The standard InChI is InChI=1S/2C63H50N2/c2*1-41-22-30-48(31-23-41)64(49-32-24-42(2)25-33-49)62-56-18-10-6-14-52(56)60(53-15-7-11-19-57(53)62)46-38-45(5)39-47(40-46)61-54-16-8-12-20-58(54)63(59-21-13-9-17-55(59)61)65(50-34-26-43(3)27-35-50)51-36-28-44(4)29-37-51/h2*6-40H,1-5H3. The first-order valence-electron chi connectivity index (χ1n) is 45.3. The van der Waals surface area contributed by atoms with Gasteiger partial charge in [-0.3, -0.25) is 0 Å². The fraction of sp³-hybridized carbons (Fsp3) is 0.0794. The van der Waals surface area contributed by atoms with E-state index in [1.165, 1.54) is 209 Å². The van der Waals surface area contributed by atoms with Crippen molar-refractivity contribution in [1.29, 1.82) is 0 Å². The molecule has 0 amide bonds. The van der Waals surface area contributed by atoms with Crippen LogP contribution in [0.3, 0.4) is 0 Å². The molecule has 0 aliphatic carbocycles. The van der Waals surface area contributed by atoms with Gasteiger partial charge in [0.2, 0.25) is 0 Å². The number of hydrogen-bond acceptors (Lipinski definition) is 4. The minimum atomic E-state index is 1.13. The highest BCUT2D eigenvalue weighted by Crippen LogP contribution is 2.56. The molecule has 0 fully saturated rings. The highest BCUT2D eigenvalue weighted by Gasteiger charge is 2.30. The van der Waals surface area contributed by atoms with E-state index < -0.39 is 0 Å². The number of nitrogens with zero attached hydrogens (tertiary/aromatic N) is 4. The van der Waals surface area contributed by atoms with Crippen molar-refractivity contribution in [3.05, 3.63) is 480 Å². The molecule has 0 N–H and O–H groups in total. The molecule has 0 atom stereocenters. The molecule has 0 aliphatic heterocycles. The lowest BCUT2D eigenvalue weighted by Crippen LogP contribution is -2.11.